The smallest absolute Gasteiger partial charge is 0.234 e. The number of hydrogen-bond donors (Lipinski definition) is 1. The van der Waals surface area contributed by atoms with Crippen molar-refractivity contribution in [1.29, 1.82) is 0 Å². The molecule has 1 saturated heterocycles. The predicted molar refractivity (Wildman–Crippen MR) is 108 cm³/mol. The normalized spacial score (nSPS) is 19.1. The minimum Gasteiger partial charge on any atom is -0.355 e. The molecule has 0 atom stereocenters. The van der Waals surface area contributed by atoms with Gasteiger partial charge < -0.3 is 10.2 Å². The van der Waals surface area contributed by atoms with Gasteiger partial charge in [0, 0.05) is 37.7 Å². The highest BCUT2D eigenvalue weighted by Gasteiger charge is 2.23. The molecular weight excluding hydrogens is 362 g/mol. The molecule has 1 aliphatic carbocycles. The van der Waals surface area contributed by atoms with Gasteiger partial charge in [-0.3, -0.25) is 14.5 Å². The number of halogens is 1. The highest BCUT2D eigenvalue weighted by molar-refractivity contribution is 6.31. The number of hydrogen-bond acceptors (Lipinski definition) is 3. The van der Waals surface area contributed by atoms with E-state index in [-0.39, 0.29) is 11.8 Å². The van der Waals surface area contributed by atoms with E-state index in [0.717, 1.165) is 25.2 Å². The Hall–Kier alpha value is -1.59. The van der Waals surface area contributed by atoms with Gasteiger partial charge in [0.15, 0.2) is 0 Å². The molecule has 1 saturated carbocycles. The molecule has 2 aliphatic rings. The Morgan fingerprint density at radius 2 is 1.74 bits per heavy atom. The molecule has 0 spiro atoms. The van der Waals surface area contributed by atoms with Crippen LogP contribution in [0.4, 0.5) is 0 Å². The number of rotatable bonds is 6. The molecule has 148 valence electrons. The fraction of sp³-hybridized carbons (Fsp3) is 0.619. The van der Waals surface area contributed by atoms with Crippen LogP contribution in [0.15, 0.2) is 24.3 Å². The number of nitrogens with zero attached hydrogens (tertiary/aromatic N) is 2. The van der Waals surface area contributed by atoms with Gasteiger partial charge in [-0.1, -0.05) is 49.1 Å². The van der Waals surface area contributed by atoms with Crippen LogP contribution in [-0.4, -0.2) is 60.9 Å². The van der Waals surface area contributed by atoms with E-state index >= 15 is 0 Å². The van der Waals surface area contributed by atoms with Crippen molar-refractivity contribution in [3.05, 3.63) is 34.9 Å². The second kappa shape index (κ2) is 10.1. The van der Waals surface area contributed by atoms with Crippen molar-refractivity contribution in [2.45, 2.75) is 38.5 Å². The monoisotopic (exact) mass is 391 g/mol. The summed E-state index contributed by atoms with van der Waals surface area (Å²) in [7, 11) is 0. The van der Waals surface area contributed by atoms with Crippen molar-refractivity contribution in [2.75, 3.05) is 39.3 Å². The lowest BCUT2D eigenvalue weighted by Gasteiger charge is -2.34. The third kappa shape index (κ3) is 6.22. The van der Waals surface area contributed by atoms with Crippen molar-refractivity contribution in [3.8, 4) is 0 Å². The zero-order valence-corrected chi connectivity index (χ0v) is 16.7. The standard InChI is InChI=1S/C21H30ClN3O2/c22-19-9-5-4-8-18(19)14-21(27)25-12-10-24(11-13-25)16-20(26)23-15-17-6-2-1-3-7-17/h4-5,8-9,17H,1-3,6-7,10-16H2,(H,23,26). The molecule has 2 fully saturated rings. The van der Waals surface area contributed by atoms with Crippen LogP contribution in [0.5, 0.6) is 0 Å². The van der Waals surface area contributed by atoms with E-state index in [1.54, 1.807) is 0 Å². The number of nitrogens with one attached hydrogen (secondary N) is 1. The van der Waals surface area contributed by atoms with Gasteiger partial charge in [-0.05, 0) is 30.4 Å². The average Bonchev–Trinajstić information content (AvgIpc) is 2.69. The minimum absolute atomic E-state index is 0.101. The summed E-state index contributed by atoms with van der Waals surface area (Å²) in [5, 5.41) is 3.73. The van der Waals surface area contributed by atoms with Gasteiger partial charge in [0.25, 0.3) is 0 Å². The predicted octanol–water partition coefficient (Wildman–Crippen LogP) is 2.72. The quantitative estimate of drug-likeness (QED) is 0.811. The van der Waals surface area contributed by atoms with E-state index in [1.807, 2.05) is 29.2 Å². The molecule has 0 bridgehead atoms. The molecule has 1 aromatic carbocycles. The van der Waals surface area contributed by atoms with Crippen molar-refractivity contribution in [2.24, 2.45) is 5.92 Å². The van der Waals surface area contributed by atoms with Crippen LogP contribution in [-0.2, 0) is 16.0 Å². The zero-order valence-electron chi connectivity index (χ0n) is 16.0. The van der Waals surface area contributed by atoms with Gasteiger partial charge in [-0.25, -0.2) is 0 Å². The molecule has 6 heteroatoms. The maximum atomic E-state index is 12.5. The SMILES string of the molecule is O=C(CN1CCN(C(=O)Cc2ccccc2Cl)CC1)NCC1CCCCC1. The summed E-state index contributed by atoms with van der Waals surface area (Å²) in [6, 6.07) is 7.48. The van der Waals surface area contributed by atoms with Crippen molar-refractivity contribution < 1.29 is 9.59 Å². The fourth-order valence-corrected chi connectivity index (χ4v) is 4.18. The molecule has 2 amide bonds. The number of carbonyl (C=O) groups excluding carboxylic acids is 2. The number of amides is 2. The van der Waals surface area contributed by atoms with Crippen LogP contribution in [0.25, 0.3) is 0 Å². The number of carbonyl (C=O) groups is 2. The summed E-state index contributed by atoms with van der Waals surface area (Å²) in [6.45, 7) is 4.06. The minimum atomic E-state index is 0.101. The van der Waals surface area contributed by atoms with Gasteiger partial charge in [0.2, 0.25) is 11.8 Å². The van der Waals surface area contributed by atoms with Crippen molar-refractivity contribution in [1.82, 2.24) is 15.1 Å². The van der Waals surface area contributed by atoms with Crippen LogP contribution in [0, 0.1) is 5.92 Å². The summed E-state index contributed by atoms with van der Waals surface area (Å²) < 4.78 is 0. The Bertz CT molecular complexity index is 638. The summed E-state index contributed by atoms with van der Waals surface area (Å²) in [4.78, 5) is 28.7. The molecule has 0 radical (unpaired) electrons. The number of piperazine rings is 1. The summed E-state index contributed by atoms with van der Waals surface area (Å²) in [5.41, 5.74) is 0.869. The summed E-state index contributed by atoms with van der Waals surface area (Å²) in [6.07, 6.45) is 6.75. The molecule has 1 N–H and O–H groups in total. The first-order chi connectivity index (χ1) is 13.1. The van der Waals surface area contributed by atoms with E-state index < -0.39 is 0 Å². The zero-order chi connectivity index (χ0) is 19.1. The molecule has 1 aromatic rings. The van der Waals surface area contributed by atoms with Crippen LogP contribution in [0.3, 0.4) is 0 Å². The first-order valence-corrected chi connectivity index (χ1v) is 10.5. The van der Waals surface area contributed by atoms with Gasteiger partial charge in [-0.2, -0.15) is 0 Å². The third-order valence-electron chi connectivity index (χ3n) is 5.70. The first-order valence-electron chi connectivity index (χ1n) is 10.1. The Morgan fingerprint density at radius 1 is 1.04 bits per heavy atom. The van der Waals surface area contributed by atoms with Gasteiger partial charge in [0.05, 0.1) is 13.0 Å². The first kappa shape index (κ1) is 20.2. The Kier molecular flexibility index (Phi) is 7.53. The highest BCUT2D eigenvalue weighted by Crippen LogP contribution is 2.22. The molecule has 27 heavy (non-hydrogen) atoms. The van der Waals surface area contributed by atoms with E-state index in [9.17, 15) is 9.59 Å². The Morgan fingerprint density at radius 3 is 2.44 bits per heavy atom. The lowest BCUT2D eigenvalue weighted by Crippen LogP contribution is -2.51. The summed E-state index contributed by atoms with van der Waals surface area (Å²) in [5.74, 6) is 0.864. The lowest BCUT2D eigenvalue weighted by molar-refractivity contribution is -0.132. The topological polar surface area (TPSA) is 52.7 Å². The molecule has 0 unspecified atom stereocenters. The molecule has 1 heterocycles. The molecular formula is C21H30ClN3O2. The second-order valence-corrected chi connectivity index (χ2v) is 8.14. The van der Waals surface area contributed by atoms with Crippen molar-refractivity contribution >= 4 is 23.4 Å². The van der Waals surface area contributed by atoms with Gasteiger partial charge in [0.1, 0.15) is 0 Å². The summed E-state index contributed by atoms with van der Waals surface area (Å²) >= 11 is 6.15. The van der Waals surface area contributed by atoms with Gasteiger partial charge in [-0.15, -0.1) is 0 Å². The Labute approximate surface area is 167 Å². The van der Waals surface area contributed by atoms with E-state index in [4.69, 9.17) is 11.6 Å². The van der Waals surface area contributed by atoms with Crippen LogP contribution < -0.4 is 5.32 Å². The van der Waals surface area contributed by atoms with E-state index in [0.29, 0.717) is 37.0 Å². The molecule has 5 nitrogen and oxygen atoms in total. The highest BCUT2D eigenvalue weighted by atomic mass is 35.5. The Balaban J connectivity index is 1.36. The second-order valence-electron chi connectivity index (χ2n) is 7.73. The van der Waals surface area contributed by atoms with Crippen LogP contribution in [0.1, 0.15) is 37.7 Å². The van der Waals surface area contributed by atoms with Gasteiger partial charge >= 0.3 is 0 Å². The maximum Gasteiger partial charge on any atom is 0.234 e. The third-order valence-corrected chi connectivity index (χ3v) is 6.07. The van der Waals surface area contributed by atoms with Crippen LogP contribution >= 0.6 is 11.6 Å². The molecule has 0 aromatic heterocycles. The van der Waals surface area contributed by atoms with E-state index in [2.05, 4.69) is 10.2 Å². The fourth-order valence-electron chi connectivity index (χ4n) is 3.98. The number of benzene rings is 1. The van der Waals surface area contributed by atoms with E-state index in [1.165, 1.54) is 32.1 Å². The van der Waals surface area contributed by atoms with Crippen LogP contribution in [0.2, 0.25) is 5.02 Å². The average molecular weight is 392 g/mol. The van der Waals surface area contributed by atoms with Crippen molar-refractivity contribution in [3.63, 3.8) is 0 Å². The largest absolute Gasteiger partial charge is 0.355 e. The lowest BCUT2D eigenvalue weighted by atomic mass is 9.89. The molecule has 3 rings (SSSR count). The molecule has 1 aliphatic heterocycles. The maximum absolute atomic E-state index is 12.5.